The van der Waals surface area contributed by atoms with Crippen LogP contribution in [0.2, 0.25) is 0 Å². The first kappa shape index (κ1) is 41.8. The Morgan fingerprint density at radius 1 is 0.731 bits per heavy atom. The van der Waals surface area contributed by atoms with Crippen LogP contribution in [-0.4, -0.2) is 89.6 Å². The van der Waals surface area contributed by atoms with Crippen molar-refractivity contribution in [2.45, 2.75) is 88.9 Å². The fourth-order valence-electron chi connectivity index (χ4n) is 5.68. The first-order valence-electron chi connectivity index (χ1n) is 17.1. The zero-order valence-corrected chi connectivity index (χ0v) is 32.1. The Balaban J connectivity index is 1.97. The van der Waals surface area contributed by atoms with Crippen molar-refractivity contribution < 1.29 is 33.8 Å². The normalized spacial score (nSPS) is 14.5. The van der Waals surface area contributed by atoms with Crippen molar-refractivity contribution in [3.05, 3.63) is 90.1 Å². The van der Waals surface area contributed by atoms with Crippen LogP contribution in [0.1, 0.15) is 52.2 Å². The number of ether oxygens (including phenoxy) is 2. The number of aromatic nitrogens is 1. The van der Waals surface area contributed by atoms with Crippen LogP contribution >= 0.6 is 11.8 Å². The van der Waals surface area contributed by atoms with Crippen LogP contribution in [0.5, 0.6) is 0 Å². The summed E-state index contributed by atoms with van der Waals surface area (Å²) in [5.74, 6) is -0.946. The van der Waals surface area contributed by atoms with E-state index in [4.69, 9.17) is 9.47 Å². The van der Waals surface area contributed by atoms with Gasteiger partial charge in [0.1, 0.15) is 12.1 Å². The van der Waals surface area contributed by atoms with Gasteiger partial charge in [-0.3, -0.25) is 14.6 Å². The zero-order chi connectivity index (χ0) is 38.5. The van der Waals surface area contributed by atoms with Crippen LogP contribution in [0, 0.1) is 5.41 Å². The van der Waals surface area contributed by atoms with Crippen molar-refractivity contribution in [3.8, 4) is 11.3 Å². The standard InChI is InChI=1S/C39H53N5O7S/c1-38(2,3)32(43-36(48)50-6)34(46)42-30(23-26-17-19-27(20-18-26)29-16-12-13-21-40-29)31(45)24-28(22-25-14-10-9-11-15-25)41-35(47)33(39(4,5)52-8)44-37(49)51-7/h9-21,28,30-33,45H,22-24H2,1-8H3,(H,41,47)(H,42,46)(H,43,48)(H,44,49)/t28-,30-,31-,32+,33+/m0/s1. The van der Waals surface area contributed by atoms with Crippen molar-refractivity contribution >= 4 is 35.8 Å². The summed E-state index contributed by atoms with van der Waals surface area (Å²) in [4.78, 5) is 56.7. The molecule has 4 amide bonds. The summed E-state index contributed by atoms with van der Waals surface area (Å²) in [6, 6.07) is 19.5. The molecule has 1 heterocycles. The van der Waals surface area contributed by atoms with Gasteiger partial charge in [-0.1, -0.05) is 81.4 Å². The Morgan fingerprint density at radius 2 is 1.29 bits per heavy atom. The highest BCUT2D eigenvalue weighted by molar-refractivity contribution is 8.00. The number of rotatable bonds is 16. The molecular formula is C39H53N5O7S. The number of methoxy groups -OCH3 is 2. The maximum absolute atomic E-state index is 13.9. The first-order chi connectivity index (χ1) is 24.6. The average Bonchev–Trinajstić information content (AvgIpc) is 3.12. The lowest BCUT2D eigenvalue weighted by Crippen LogP contribution is -2.59. The molecule has 0 spiro atoms. The summed E-state index contributed by atoms with van der Waals surface area (Å²) < 4.78 is 8.89. The van der Waals surface area contributed by atoms with E-state index in [0.29, 0.717) is 6.42 Å². The highest BCUT2D eigenvalue weighted by atomic mass is 32.2. The third-order valence-electron chi connectivity index (χ3n) is 8.87. The molecule has 0 bridgehead atoms. The van der Waals surface area contributed by atoms with E-state index in [1.165, 1.54) is 26.0 Å². The summed E-state index contributed by atoms with van der Waals surface area (Å²) in [6.45, 7) is 9.13. The van der Waals surface area contributed by atoms with E-state index in [0.717, 1.165) is 22.4 Å². The molecule has 5 N–H and O–H groups in total. The van der Waals surface area contributed by atoms with Gasteiger partial charge in [-0.2, -0.15) is 11.8 Å². The van der Waals surface area contributed by atoms with Crippen molar-refractivity contribution in [2.75, 3.05) is 20.5 Å². The molecular weight excluding hydrogens is 683 g/mol. The smallest absolute Gasteiger partial charge is 0.407 e. The summed E-state index contributed by atoms with van der Waals surface area (Å²) >= 11 is 1.41. The molecule has 2 aromatic carbocycles. The minimum Gasteiger partial charge on any atom is -0.453 e. The molecule has 0 radical (unpaired) electrons. The van der Waals surface area contributed by atoms with Crippen molar-refractivity contribution in [2.24, 2.45) is 5.41 Å². The van der Waals surface area contributed by atoms with Gasteiger partial charge in [0, 0.05) is 22.5 Å². The number of thioether (sulfide) groups is 1. The second-order valence-corrected chi connectivity index (χ2v) is 15.7. The second-order valence-electron chi connectivity index (χ2n) is 14.2. The molecule has 3 aromatic rings. The molecule has 12 nitrogen and oxygen atoms in total. The summed E-state index contributed by atoms with van der Waals surface area (Å²) in [5.41, 5.74) is 2.78. The first-order valence-corrected chi connectivity index (χ1v) is 18.4. The molecule has 5 atom stereocenters. The molecule has 3 rings (SSSR count). The Kier molecular flexibility index (Phi) is 15.5. The number of aliphatic hydroxyl groups excluding tert-OH is 1. The predicted octanol–water partition coefficient (Wildman–Crippen LogP) is 4.89. The third-order valence-corrected chi connectivity index (χ3v) is 10.2. The number of nitrogens with one attached hydrogen (secondary N) is 4. The summed E-state index contributed by atoms with van der Waals surface area (Å²) in [5, 5.41) is 23.3. The molecule has 0 aliphatic rings. The van der Waals surface area contributed by atoms with Crippen LogP contribution in [0.25, 0.3) is 11.3 Å². The van der Waals surface area contributed by atoms with Gasteiger partial charge in [0.05, 0.1) is 32.1 Å². The number of carbonyl (C=O) groups excluding carboxylic acids is 4. The molecule has 0 saturated heterocycles. The predicted molar refractivity (Wildman–Crippen MR) is 204 cm³/mol. The number of carbonyl (C=O) groups is 4. The van der Waals surface area contributed by atoms with Crippen molar-refractivity contribution in [3.63, 3.8) is 0 Å². The van der Waals surface area contributed by atoms with E-state index in [-0.39, 0.29) is 12.8 Å². The van der Waals surface area contributed by atoms with Gasteiger partial charge in [-0.15, -0.1) is 0 Å². The third kappa shape index (κ3) is 12.6. The van der Waals surface area contributed by atoms with Gasteiger partial charge in [0.15, 0.2) is 0 Å². The Hall–Kier alpha value is -4.62. The number of benzene rings is 2. The number of hydrogen-bond acceptors (Lipinski definition) is 9. The van der Waals surface area contributed by atoms with E-state index in [9.17, 15) is 24.3 Å². The van der Waals surface area contributed by atoms with E-state index < -0.39 is 64.4 Å². The number of aliphatic hydroxyl groups is 1. The van der Waals surface area contributed by atoms with Crippen LogP contribution in [-0.2, 0) is 31.9 Å². The SMILES string of the molecule is COC(=O)N[C@H](C(=O)N[C@@H](Cc1ccc(-c2ccccn2)cc1)[C@@H](O)C[C@H](Cc1ccccc1)NC(=O)[C@@H](NC(=O)OC)C(C)(C)SC)C(C)(C)C. The van der Waals surface area contributed by atoms with Gasteiger partial charge in [0.2, 0.25) is 11.8 Å². The van der Waals surface area contributed by atoms with E-state index in [1.807, 2.05) is 114 Å². The quantitative estimate of drug-likeness (QED) is 0.138. The van der Waals surface area contributed by atoms with Crippen LogP contribution in [0.4, 0.5) is 9.59 Å². The van der Waals surface area contributed by atoms with Gasteiger partial charge in [-0.25, -0.2) is 9.59 Å². The fourth-order valence-corrected chi connectivity index (χ4v) is 6.08. The Morgan fingerprint density at radius 3 is 1.83 bits per heavy atom. The number of hydrogen-bond donors (Lipinski definition) is 5. The van der Waals surface area contributed by atoms with Crippen LogP contribution in [0.15, 0.2) is 79.0 Å². The second kappa shape index (κ2) is 19.3. The average molecular weight is 736 g/mol. The minimum absolute atomic E-state index is 0.0485. The minimum atomic E-state index is -1.16. The molecule has 0 aliphatic heterocycles. The van der Waals surface area contributed by atoms with Gasteiger partial charge < -0.3 is 35.8 Å². The lowest BCUT2D eigenvalue weighted by atomic mass is 9.85. The van der Waals surface area contributed by atoms with Crippen LogP contribution in [0.3, 0.4) is 0 Å². The van der Waals surface area contributed by atoms with Gasteiger partial charge in [0.25, 0.3) is 0 Å². The zero-order valence-electron chi connectivity index (χ0n) is 31.3. The topological polar surface area (TPSA) is 168 Å². The highest BCUT2D eigenvalue weighted by Gasteiger charge is 2.39. The Labute approximate surface area is 311 Å². The number of amides is 4. The molecule has 0 unspecified atom stereocenters. The van der Waals surface area contributed by atoms with Crippen molar-refractivity contribution in [1.29, 1.82) is 0 Å². The Bertz CT molecular complexity index is 1600. The molecule has 282 valence electrons. The maximum Gasteiger partial charge on any atom is 0.407 e. The molecule has 0 aliphatic carbocycles. The lowest BCUT2D eigenvalue weighted by molar-refractivity contribution is -0.127. The van der Waals surface area contributed by atoms with Gasteiger partial charge >= 0.3 is 12.2 Å². The van der Waals surface area contributed by atoms with E-state index in [1.54, 1.807) is 6.20 Å². The fraction of sp³-hybridized carbons (Fsp3) is 0.462. The number of alkyl carbamates (subject to hydrolysis) is 2. The summed E-state index contributed by atoms with van der Waals surface area (Å²) in [6.07, 6.45) is 1.56. The lowest BCUT2D eigenvalue weighted by Gasteiger charge is -2.35. The number of pyridine rings is 1. The monoisotopic (exact) mass is 735 g/mol. The molecule has 0 saturated carbocycles. The van der Waals surface area contributed by atoms with E-state index >= 15 is 0 Å². The van der Waals surface area contributed by atoms with E-state index in [2.05, 4.69) is 26.3 Å². The molecule has 52 heavy (non-hydrogen) atoms. The summed E-state index contributed by atoms with van der Waals surface area (Å²) in [7, 11) is 2.46. The van der Waals surface area contributed by atoms with Crippen LogP contribution < -0.4 is 21.3 Å². The maximum atomic E-state index is 13.9. The molecule has 0 fully saturated rings. The molecule has 1 aromatic heterocycles. The largest absolute Gasteiger partial charge is 0.453 e. The molecule has 13 heteroatoms. The number of nitrogens with zero attached hydrogens (tertiary/aromatic N) is 1. The van der Waals surface area contributed by atoms with Crippen molar-refractivity contribution in [1.82, 2.24) is 26.3 Å². The van der Waals surface area contributed by atoms with Gasteiger partial charge in [-0.05, 0) is 68.0 Å². The highest BCUT2D eigenvalue weighted by Crippen LogP contribution is 2.27.